The summed E-state index contributed by atoms with van der Waals surface area (Å²) in [6, 6.07) is 3.91. The highest BCUT2D eigenvalue weighted by atomic mass is 15.3. The Morgan fingerprint density at radius 1 is 1.50 bits per heavy atom. The van der Waals surface area contributed by atoms with Gasteiger partial charge in [0.1, 0.15) is 0 Å². The lowest BCUT2D eigenvalue weighted by Crippen LogP contribution is -1.99. The van der Waals surface area contributed by atoms with Crippen LogP contribution in [0, 0.1) is 0 Å². The Morgan fingerprint density at radius 3 is 3.00 bits per heavy atom. The topological polar surface area (TPSA) is 56.7 Å². The molecule has 0 fully saturated rings. The number of hydrogen-bond donors (Lipinski definition) is 1. The minimum atomic E-state index is 0.449. The molecule has 0 aliphatic rings. The van der Waals surface area contributed by atoms with Crippen molar-refractivity contribution in [3.63, 3.8) is 0 Å². The summed E-state index contributed by atoms with van der Waals surface area (Å²) in [6.07, 6.45) is 5.53. The molecule has 0 radical (unpaired) electrons. The van der Waals surface area contributed by atoms with Crippen LogP contribution in [-0.4, -0.2) is 14.8 Å². The first-order chi connectivity index (χ1) is 6.81. The minimum Gasteiger partial charge on any atom is -0.325 e. The Hall–Kier alpha value is -1.68. The second-order valence-corrected chi connectivity index (χ2v) is 3.11. The van der Waals surface area contributed by atoms with Crippen LogP contribution in [0.2, 0.25) is 0 Å². The van der Waals surface area contributed by atoms with Gasteiger partial charge in [0.25, 0.3) is 0 Å². The summed E-state index contributed by atoms with van der Waals surface area (Å²) in [4.78, 5) is 4.07. The van der Waals surface area contributed by atoms with Gasteiger partial charge in [0.15, 0.2) is 0 Å². The van der Waals surface area contributed by atoms with Crippen LogP contribution in [0.1, 0.15) is 5.69 Å². The van der Waals surface area contributed by atoms with Crippen LogP contribution in [0.15, 0.2) is 30.7 Å². The lowest BCUT2D eigenvalue weighted by atomic mass is 10.1. The van der Waals surface area contributed by atoms with Gasteiger partial charge in [-0.25, -0.2) is 0 Å². The molecule has 0 aliphatic heterocycles. The molecule has 2 aromatic rings. The van der Waals surface area contributed by atoms with Gasteiger partial charge in [-0.3, -0.25) is 9.67 Å². The van der Waals surface area contributed by atoms with E-state index in [4.69, 9.17) is 5.73 Å². The smallest absolute Gasteiger partial charge is 0.0839 e. The van der Waals surface area contributed by atoms with Crippen LogP contribution in [-0.2, 0) is 13.6 Å². The van der Waals surface area contributed by atoms with Gasteiger partial charge in [0, 0.05) is 43.3 Å². The maximum Gasteiger partial charge on any atom is 0.0839 e. The highest BCUT2D eigenvalue weighted by Gasteiger charge is 2.07. The van der Waals surface area contributed by atoms with Gasteiger partial charge in [-0.15, -0.1) is 0 Å². The molecule has 2 heterocycles. The summed E-state index contributed by atoms with van der Waals surface area (Å²) in [5, 5.41) is 4.27. The second kappa shape index (κ2) is 3.59. The first kappa shape index (κ1) is 8.90. The predicted molar refractivity (Wildman–Crippen MR) is 54.3 cm³/mol. The van der Waals surface area contributed by atoms with Crippen molar-refractivity contribution in [2.45, 2.75) is 6.54 Å². The van der Waals surface area contributed by atoms with Crippen molar-refractivity contribution in [3.05, 3.63) is 36.4 Å². The van der Waals surface area contributed by atoms with Crippen LogP contribution in [0.4, 0.5) is 0 Å². The van der Waals surface area contributed by atoms with E-state index < -0.39 is 0 Å². The molecule has 4 heteroatoms. The SMILES string of the molecule is Cn1cc(-c2cccnc2)c(CN)n1. The first-order valence-corrected chi connectivity index (χ1v) is 4.44. The number of nitrogens with zero attached hydrogens (tertiary/aromatic N) is 3. The fourth-order valence-electron chi connectivity index (χ4n) is 1.45. The molecule has 0 aliphatic carbocycles. The summed E-state index contributed by atoms with van der Waals surface area (Å²) in [5.74, 6) is 0. The molecule has 2 aromatic heterocycles. The molecule has 2 rings (SSSR count). The lowest BCUT2D eigenvalue weighted by molar-refractivity contribution is 0.742. The normalized spacial score (nSPS) is 10.4. The van der Waals surface area contributed by atoms with Gasteiger partial charge in [0.05, 0.1) is 5.69 Å². The van der Waals surface area contributed by atoms with Gasteiger partial charge in [-0.1, -0.05) is 6.07 Å². The Kier molecular flexibility index (Phi) is 2.28. The molecular formula is C10H12N4. The predicted octanol–water partition coefficient (Wildman–Crippen LogP) is 0.941. The highest BCUT2D eigenvalue weighted by Crippen LogP contribution is 2.20. The molecule has 0 amide bonds. The van der Waals surface area contributed by atoms with Crippen molar-refractivity contribution in [1.29, 1.82) is 0 Å². The second-order valence-electron chi connectivity index (χ2n) is 3.11. The van der Waals surface area contributed by atoms with Gasteiger partial charge in [-0.2, -0.15) is 5.10 Å². The Labute approximate surface area is 82.4 Å². The molecule has 0 saturated heterocycles. The number of nitrogens with two attached hydrogens (primary N) is 1. The Bertz CT molecular complexity index is 419. The number of aromatic nitrogens is 3. The van der Waals surface area contributed by atoms with Crippen molar-refractivity contribution in [2.24, 2.45) is 12.8 Å². The van der Waals surface area contributed by atoms with E-state index >= 15 is 0 Å². The van der Waals surface area contributed by atoms with Crippen LogP contribution in [0.3, 0.4) is 0 Å². The number of aryl methyl sites for hydroxylation is 1. The van der Waals surface area contributed by atoms with Crippen LogP contribution < -0.4 is 5.73 Å². The Morgan fingerprint density at radius 2 is 2.36 bits per heavy atom. The van der Waals surface area contributed by atoms with E-state index in [2.05, 4.69) is 10.1 Å². The van der Waals surface area contributed by atoms with E-state index in [-0.39, 0.29) is 0 Å². The van der Waals surface area contributed by atoms with Gasteiger partial charge in [0.2, 0.25) is 0 Å². The summed E-state index contributed by atoms with van der Waals surface area (Å²) >= 11 is 0. The third kappa shape index (κ3) is 1.52. The van der Waals surface area contributed by atoms with Crippen molar-refractivity contribution < 1.29 is 0 Å². The molecule has 4 nitrogen and oxygen atoms in total. The third-order valence-corrected chi connectivity index (χ3v) is 2.07. The van der Waals surface area contributed by atoms with Crippen molar-refractivity contribution >= 4 is 0 Å². The van der Waals surface area contributed by atoms with E-state index in [0.717, 1.165) is 16.8 Å². The van der Waals surface area contributed by atoms with Crippen LogP contribution in [0.5, 0.6) is 0 Å². The summed E-state index contributed by atoms with van der Waals surface area (Å²) in [7, 11) is 1.89. The van der Waals surface area contributed by atoms with Gasteiger partial charge >= 0.3 is 0 Å². The largest absolute Gasteiger partial charge is 0.325 e. The van der Waals surface area contributed by atoms with Crippen molar-refractivity contribution in [2.75, 3.05) is 0 Å². The molecule has 0 spiro atoms. The minimum absolute atomic E-state index is 0.449. The fraction of sp³-hybridized carbons (Fsp3) is 0.200. The molecule has 72 valence electrons. The average molecular weight is 188 g/mol. The molecule has 14 heavy (non-hydrogen) atoms. The zero-order valence-electron chi connectivity index (χ0n) is 8.01. The van der Waals surface area contributed by atoms with Gasteiger partial charge in [-0.05, 0) is 6.07 Å². The highest BCUT2D eigenvalue weighted by molar-refractivity contribution is 5.64. The van der Waals surface area contributed by atoms with Crippen LogP contribution in [0.25, 0.3) is 11.1 Å². The maximum absolute atomic E-state index is 5.61. The fourth-order valence-corrected chi connectivity index (χ4v) is 1.45. The van der Waals surface area contributed by atoms with E-state index in [1.54, 1.807) is 10.9 Å². The average Bonchev–Trinajstić information content (AvgIpc) is 2.61. The lowest BCUT2D eigenvalue weighted by Gasteiger charge is -1.97. The monoisotopic (exact) mass is 188 g/mol. The van der Waals surface area contributed by atoms with E-state index in [9.17, 15) is 0 Å². The molecule has 0 atom stereocenters. The zero-order chi connectivity index (χ0) is 9.97. The molecule has 2 N–H and O–H groups in total. The quantitative estimate of drug-likeness (QED) is 0.763. The molecule has 0 bridgehead atoms. The zero-order valence-corrected chi connectivity index (χ0v) is 8.01. The summed E-state index contributed by atoms with van der Waals surface area (Å²) in [5.41, 5.74) is 8.62. The van der Waals surface area contributed by atoms with Gasteiger partial charge < -0.3 is 5.73 Å². The molecule has 0 saturated carbocycles. The number of pyridine rings is 1. The van der Waals surface area contributed by atoms with E-state index in [1.807, 2.05) is 31.6 Å². The van der Waals surface area contributed by atoms with E-state index in [0.29, 0.717) is 6.54 Å². The first-order valence-electron chi connectivity index (χ1n) is 4.44. The van der Waals surface area contributed by atoms with Crippen LogP contribution >= 0.6 is 0 Å². The summed E-state index contributed by atoms with van der Waals surface area (Å²) < 4.78 is 1.77. The summed E-state index contributed by atoms with van der Waals surface area (Å²) in [6.45, 7) is 0.449. The standard InChI is InChI=1S/C10H12N4/c1-14-7-9(10(5-11)13-14)8-3-2-4-12-6-8/h2-4,6-7H,5,11H2,1H3. The molecule has 0 aromatic carbocycles. The third-order valence-electron chi connectivity index (χ3n) is 2.07. The number of hydrogen-bond acceptors (Lipinski definition) is 3. The molecule has 0 unspecified atom stereocenters. The molecular weight excluding hydrogens is 176 g/mol. The van der Waals surface area contributed by atoms with E-state index in [1.165, 1.54) is 0 Å². The Balaban J connectivity index is 2.51. The number of rotatable bonds is 2. The maximum atomic E-state index is 5.61. The van der Waals surface area contributed by atoms with Crippen molar-refractivity contribution in [3.8, 4) is 11.1 Å². The van der Waals surface area contributed by atoms with Crippen molar-refractivity contribution in [1.82, 2.24) is 14.8 Å².